The van der Waals surface area contributed by atoms with Gasteiger partial charge in [0.05, 0.1) is 7.11 Å². The Morgan fingerprint density at radius 2 is 2.06 bits per heavy atom. The predicted molar refractivity (Wildman–Crippen MR) is 65.2 cm³/mol. The molecule has 0 fully saturated rings. The van der Waals surface area contributed by atoms with E-state index in [2.05, 4.69) is 0 Å². The number of carbonyl (C=O) groups is 2. The van der Waals surface area contributed by atoms with Gasteiger partial charge in [-0.15, -0.1) is 0 Å². The molecule has 0 N–H and O–H groups in total. The molecule has 5 heteroatoms. The van der Waals surface area contributed by atoms with Gasteiger partial charge in [0.2, 0.25) is 5.78 Å². The van der Waals surface area contributed by atoms with E-state index in [1.54, 1.807) is 32.4 Å². The molecule has 17 heavy (non-hydrogen) atoms. The van der Waals surface area contributed by atoms with E-state index in [1.165, 1.54) is 11.8 Å². The van der Waals surface area contributed by atoms with Gasteiger partial charge in [0.25, 0.3) is 5.91 Å². The minimum atomic E-state index is -0.531. The summed E-state index contributed by atoms with van der Waals surface area (Å²) in [6.45, 7) is 1.54. The van der Waals surface area contributed by atoms with Gasteiger partial charge in [0.1, 0.15) is 5.75 Å². The molecule has 0 aromatic heterocycles. The molecule has 1 aromatic rings. The summed E-state index contributed by atoms with van der Waals surface area (Å²) < 4.78 is 5.02. The number of hydrogen-bond acceptors (Lipinski definition) is 3. The lowest BCUT2D eigenvalue weighted by molar-refractivity contribution is -0.143. The summed E-state index contributed by atoms with van der Waals surface area (Å²) in [6, 6.07) is 5.20. The highest BCUT2D eigenvalue weighted by Gasteiger charge is 2.15. The second-order valence-electron chi connectivity index (χ2n) is 3.67. The first-order chi connectivity index (χ1) is 7.95. The second kappa shape index (κ2) is 5.68. The number of hydrogen-bond donors (Lipinski definition) is 0. The van der Waals surface area contributed by atoms with Gasteiger partial charge < -0.3 is 9.64 Å². The summed E-state index contributed by atoms with van der Waals surface area (Å²) in [5.41, 5.74) is 0.768. The molecule has 1 amide bonds. The fourth-order valence-electron chi connectivity index (χ4n) is 1.38. The van der Waals surface area contributed by atoms with E-state index in [9.17, 15) is 9.59 Å². The van der Waals surface area contributed by atoms with E-state index in [0.717, 1.165) is 5.56 Å². The lowest BCUT2D eigenvalue weighted by atomic mass is 10.2. The van der Waals surface area contributed by atoms with Crippen molar-refractivity contribution in [2.75, 3.05) is 14.2 Å². The van der Waals surface area contributed by atoms with E-state index >= 15 is 0 Å². The lowest BCUT2D eigenvalue weighted by Crippen LogP contribution is -2.31. The van der Waals surface area contributed by atoms with Gasteiger partial charge in [-0.1, -0.05) is 17.7 Å². The van der Waals surface area contributed by atoms with Crippen molar-refractivity contribution in [1.29, 1.82) is 0 Å². The standard InChI is InChI=1S/C12H14ClNO3/c1-8(15)12(16)14(2)7-9-4-5-10(17-3)6-11(9)13/h4-6H,7H2,1-3H3. The Morgan fingerprint density at radius 1 is 1.41 bits per heavy atom. The van der Waals surface area contributed by atoms with Crippen LogP contribution in [0.4, 0.5) is 0 Å². The summed E-state index contributed by atoms with van der Waals surface area (Å²) >= 11 is 6.03. The molecule has 4 nitrogen and oxygen atoms in total. The fourth-order valence-corrected chi connectivity index (χ4v) is 1.61. The van der Waals surface area contributed by atoms with Crippen LogP contribution in [0, 0.1) is 0 Å². The van der Waals surface area contributed by atoms with Crippen molar-refractivity contribution < 1.29 is 14.3 Å². The normalized spacial score (nSPS) is 9.88. The molecule has 0 radical (unpaired) electrons. The molecule has 0 spiro atoms. The molecule has 0 atom stereocenters. The van der Waals surface area contributed by atoms with Gasteiger partial charge in [-0.05, 0) is 17.7 Å². The SMILES string of the molecule is COc1ccc(CN(C)C(=O)C(C)=O)c(Cl)c1. The molecule has 1 aromatic carbocycles. The van der Waals surface area contributed by atoms with Crippen LogP contribution in [0.5, 0.6) is 5.75 Å². The Bertz CT molecular complexity index is 445. The molecule has 0 aliphatic rings. The maximum Gasteiger partial charge on any atom is 0.289 e. The molecule has 0 unspecified atom stereocenters. The first kappa shape index (κ1) is 13.5. The molecule has 0 aliphatic carbocycles. The minimum Gasteiger partial charge on any atom is -0.497 e. The van der Waals surface area contributed by atoms with Crippen LogP contribution in [0.25, 0.3) is 0 Å². The van der Waals surface area contributed by atoms with Crippen LogP contribution < -0.4 is 4.74 Å². The van der Waals surface area contributed by atoms with Crippen LogP contribution in [0.3, 0.4) is 0 Å². The molecule has 1 rings (SSSR count). The third-order valence-corrected chi connectivity index (χ3v) is 2.67. The number of ketones is 1. The topological polar surface area (TPSA) is 46.6 Å². The number of benzene rings is 1. The van der Waals surface area contributed by atoms with Crippen LogP contribution in [-0.2, 0) is 16.1 Å². The first-order valence-corrected chi connectivity index (χ1v) is 5.42. The number of methoxy groups -OCH3 is 1. The van der Waals surface area contributed by atoms with Crippen molar-refractivity contribution in [2.24, 2.45) is 0 Å². The van der Waals surface area contributed by atoms with Gasteiger partial charge in [-0.2, -0.15) is 0 Å². The molecule has 0 saturated carbocycles. The Morgan fingerprint density at radius 3 is 2.53 bits per heavy atom. The number of amides is 1. The smallest absolute Gasteiger partial charge is 0.289 e. The van der Waals surface area contributed by atoms with E-state index in [1.807, 2.05) is 0 Å². The number of Topliss-reactive ketones (excluding diaryl/α,β-unsaturated/α-hetero) is 1. The number of likely N-dealkylation sites (N-methyl/N-ethyl adjacent to an activating group) is 1. The summed E-state index contributed by atoms with van der Waals surface area (Å²) in [4.78, 5) is 23.6. The first-order valence-electron chi connectivity index (χ1n) is 5.04. The number of halogens is 1. The van der Waals surface area contributed by atoms with Crippen molar-refractivity contribution in [2.45, 2.75) is 13.5 Å². The van der Waals surface area contributed by atoms with Gasteiger partial charge in [-0.25, -0.2) is 0 Å². The number of carbonyl (C=O) groups excluding carboxylic acids is 2. The molecule has 0 saturated heterocycles. The maximum absolute atomic E-state index is 11.4. The molecular weight excluding hydrogens is 242 g/mol. The zero-order valence-corrected chi connectivity index (χ0v) is 10.7. The molecular formula is C12H14ClNO3. The van der Waals surface area contributed by atoms with E-state index < -0.39 is 11.7 Å². The average Bonchev–Trinajstić information content (AvgIpc) is 2.30. The number of rotatable bonds is 4. The molecule has 0 heterocycles. The highest BCUT2D eigenvalue weighted by Crippen LogP contribution is 2.23. The van der Waals surface area contributed by atoms with Crippen LogP contribution >= 0.6 is 11.6 Å². The third-order valence-electron chi connectivity index (χ3n) is 2.32. The summed E-state index contributed by atoms with van der Waals surface area (Å²) in [7, 11) is 3.11. The van der Waals surface area contributed by atoms with Gasteiger partial charge in [0, 0.05) is 25.5 Å². The van der Waals surface area contributed by atoms with Crippen molar-refractivity contribution in [3.63, 3.8) is 0 Å². The van der Waals surface area contributed by atoms with Crippen molar-refractivity contribution in [3.05, 3.63) is 28.8 Å². The zero-order valence-electron chi connectivity index (χ0n) is 9.99. The van der Waals surface area contributed by atoms with E-state index in [0.29, 0.717) is 17.3 Å². The summed E-state index contributed by atoms with van der Waals surface area (Å²) in [5.74, 6) is -0.367. The quantitative estimate of drug-likeness (QED) is 0.772. The van der Waals surface area contributed by atoms with Crippen molar-refractivity contribution >= 4 is 23.3 Å². The minimum absolute atomic E-state index is 0.293. The Kier molecular flexibility index (Phi) is 4.52. The molecule has 92 valence electrons. The zero-order chi connectivity index (χ0) is 13.0. The Labute approximate surface area is 105 Å². The summed E-state index contributed by atoms with van der Waals surface area (Å²) in [6.07, 6.45) is 0. The monoisotopic (exact) mass is 255 g/mol. The summed E-state index contributed by atoms with van der Waals surface area (Å²) in [5, 5.41) is 0.507. The van der Waals surface area contributed by atoms with Gasteiger partial charge >= 0.3 is 0 Å². The van der Waals surface area contributed by atoms with Crippen LogP contribution in [-0.4, -0.2) is 30.7 Å². The Hall–Kier alpha value is -1.55. The molecule has 0 bridgehead atoms. The van der Waals surface area contributed by atoms with Crippen LogP contribution in [0.1, 0.15) is 12.5 Å². The highest BCUT2D eigenvalue weighted by molar-refractivity contribution is 6.35. The molecule has 0 aliphatic heterocycles. The third kappa shape index (κ3) is 3.46. The van der Waals surface area contributed by atoms with Crippen LogP contribution in [0.15, 0.2) is 18.2 Å². The fraction of sp³-hybridized carbons (Fsp3) is 0.333. The van der Waals surface area contributed by atoms with Gasteiger partial charge in [-0.3, -0.25) is 9.59 Å². The second-order valence-corrected chi connectivity index (χ2v) is 4.08. The lowest BCUT2D eigenvalue weighted by Gasteiger charge is -2.16. The van der Waals surface area contributed by atoms with Gasteiger partial charge in [0.15, 0.2) is 0 Å². The predicted octanol–water partition coefficient (Wildman–Crippen LogP) is 1.90. The number of nitrogens with zero attached hydrogens (tertiary/aromatic N) is 1. The largest absolute Gasteiger partial charge is 0.497 e. The van der Waals surface area contributed by atoms with Crippen LogP contribution in [0.2, 0.25) is 5.02 Å². The average molecular weight is 256 g/mol. The maximum atomic E-state index is 11.4. The van der Waals surface area contributed by atoms with Crippen molar-refractivity contribution in [1.82, 2.24) is 4.90 Å². The highest BCUT2D eigenvalue weighted by atomic mass is 35.5. The Balaban J connectivity index is 2.82. The van der Waals surface area contributed by atoms with Crippen molar-refractivity contribution in [3.8, 4) is 5.75 Å². The van der Waals surface area contributed by atoms with E-state index in [-0.39, 0.29) is 0 Å². The number of ether oxygens (including phenoxy) is 1. The van der Waals surface area contributed by atoms with E-state index in [4.69, 9.17) is 16.3 Å².